The summed E-state index contributed by atoms with van der Waals surface area (Å²) >= 11 is 0. The second-order valence-corrected chi connectivity index (χ2v) is 4.81. The van der Waals surface area contributed by atoms with E-state index in [2.05, 4.69) is 30.0 Å². The molecule has 1 saturated heterocycles. The lowest BCUT2D eigenvalue weighted by molar-refractivity contribution is -0.148. The fourth-order valence-corrected chi connectivity index (χ4v) is 2.53. The molecule has 3 heteroatoms. The topological polar surface area (TPSA) is 29.5 Å². The van der Waals surface area contributed by atoms with Crippen LogP contribution in [0.4, 0.5) is 0 Å². The number of nitrogens with zero attached hydrogens (tertiary/aromatic N) is 1. The molecule has 2 rings (SSSR count). The predicted molar refractivity (Wildman–Crippen MR) is 71.2 cm³/mol. The van der Waals surface area contributed by atoms with Crippen LogP contribution in [-0.4, -0.2) is 30.1 Å². The lowest BCUT2D eigenvalue weighted by atomic mass is 10.1. The van der Waals surface area contributed by atoms with Crippen LogP contribution in [0.3, 0.4) is 0 Å². The number of aryl methyl sites for hydroxylation is 1. The van der Waals surface area contributed by atoms with Crippen LogP contribution in [0.2, 0.25) is 0 Å². The van der Waals surface area contributed by atoms with Crippen LogP contribution < -0.4 is 0 Å². The van der Waals surface area contributed by atoms with Crippen LogP contribution in [0.5, 0.6) is 0 Å². The molecule has 1 aromatic carbocycles. The van der Waals surface area contributed by atoms with Crippen molar-refractivity contribution in [2.75, 3.05) is 13.2 Å². The van der Waals surface area contributed by atoms with Gasteiger partial charge in [0, 0.05) is 6.54 Å². The van der Waals surface area contributed by atoms with Gasteiger partial charge in [0.1, 0.15) is 6.04 Å². The monoisotopic (exact) mass is 247 g/mol. The van der Waals surface area contributed by atoms with Crippen molar-refractivity contribution in [3.8, 4) is 0 Å². The second kappa shape index (κ2) is 6.01. The number of hydrogen-bond donors (Lipinski definition) is 0. The van der Waals surface area contributed by atoms with Gasteiger partial charge in [-0.3, -0.25) is 9.69 Å². The molecule has 1 atom stereocenters. The molecule has 3 nitrogen and oxygen atoms in total. The minimum atomic E-state index is -0.0661. The SMILES string of the molecule is CCOC(=O)C1CCCN1Cc1ccccc1C. The van der Waals surface area contributed by atoms with Crippen LogP contribution >= 0.6 is 0 Å². The zero-order chi connectivity index (χ0) is 13.0. The molecule has 0 amide bonds. The first-order valence-electron chi connectivity index (χ1n) is 6.67. The van der Waals surface area contributed by atoms with Gasteiger partial charge in [-0.05, 0) is 44.4 Å². The largest absolute Gasteiger partial charge is 0.465 e. The molecule has 0 N–H and O–H groups in total. The fraction of sp³-hybridized carbons (Fsp3) is 0.533. The number of carbonyl (C=O) groups excluding carboxylic acids is 1. The highest BCUT2D eigenvalue weighted by molar-refractivity contribution is 5.76. The van der Waals surface area contributed by atoms with Crippen molar-refractivity contribution in [1.82, 2.24) is 4.90 Å². The van der Waals surface area contributed by atoms with Gasteiger partial charge in [-0.25, -0.2) is 0 Å². The summed E-state index contributed by atoms with van der Waals surface area (Å²) in [6, 6.07) is 8.30. The summed E-state index contributed by atoms with van der Waals surface area (Å²) in [5, 5.41) is 0. The van der Waals surface area contributed by atoms with E-state index in [9.17, 15) is 4.79 Å². The van der Waals surface area contributed by atoms with Crippen molar-refractivity contribution >= 4 is 5.97 Å². The Kier molecular flexibility index (Phi) is 4.37. The van der Waals surface area contributed by atoms with E-state index in [-0.39, 0.29) is 12.0 Å². The fourth-order valence-electron chi connectivity index (χ4n) is 2.53. The van der Waals surface area contributed by atoms with Crippen LogP contribution in [0.25, 0.3) is 0 Å². The molecule has 0 bridgehead atoms. The Labute approximate surface area is 109 Å². The number of benzene rings is 1. The second-order valence-electron chi connectivity index (χ2n) is 4.81. The minimum Gasteiger partial charge on any atom is -0.465 e. The first-order valence-corrected chi connectivity index (χ1v) is 6.67. The summed E-state index contributed by atoms with van der Waals surface area (Å²) in [5.74, 6) is -0.0661. The molecular weight excluding hydrogens is 226 g/mol. The van der Waals surface area contributed by atoms with E-state index in [0.29, 0.717) is 6.61 Å². The van der Waals surface area contributed by atoms with E-state index in [4.69, 9.17) is 4.74 Å². The van der Waals surface area contributed by atoms with Crippen LogP contribution in [0.15, 0.2) is 24.3 Å². The van der Waals surface area contributed by atoms with Gasteiger partial charge in [-0.15, -0.1) is 0 Å². The molecule has 1 aromatic rings. The standard InChI is InChI=1S/C15H21NO2/c1-3-18-15(17)14-9-6-10-16(14)11-13-8-5-4-7-12(13)2/h4-5,7-8,14H,3,6,9-11H2,1-2H3. The number of esters is 1. The highest BCUT2D eigenvalue weighted by atomic mass is 16.5. The summed E-state index contributed by atoms with van der Waals surface area (Å²) in [6.07, 6.45) is 2.00. The molecule has 0 saturated carbocycles. The molecule has 1 fully saturated rings. The lowest BCUT2D eigenvalue weighted by Crippen LogP contribution is -2.36. The van der Waals surface area contributed by atoms with Gasteiger partial charge in [0.25, 0.3) is 0 Å². The predicted octanol–water partition coefficient (Wildman–Crippen LogP) is 2.52. The number of hydrogen-bond acceptors (Lipinski definition) is 3. The molecule has 0 spiro atoms. The molecule has 1 heterocycles. The van der Waals surface area contributed by atoms with Crippen LogP contribution in [-0.2, 0) is 16.1 Å². The maximum absolute atomic E-state index is 11.9. The maximum Gasteiger partial charge on any atom is 0.323 e. The number of carbonyl (C=O) groups is 1. The molecule has 0 aromatic heterocycles. The summed E-state index contributed by atoms with van der Waals surface area (Å²) in [4.78, 5) is 14.1. The van der Waals surface area contributed by atoms with Crippen molar-refractivity contribution in [3.63, 3.8) is 0 Å². The summed E-state index contributed by atoms with van der Waals surface area (Å²) in [5.41, 5.74) is 2.58. The minimum absolute atomic E-state index is 0.0513. The molecule has 18 heavy (non-hydrogen) atoms. The Hall–Kier alpha value is -1.35. The van der Waals surface area contributed by atoms with Crippen LogP contribution in [0.1, 0.15) is 30.9 Å². The average Bonchev–Trinajstić information content (AvgIpc) is 2.81. The summed E-state index contributed by atoms with van der Waals surface area (Å²) in [7, 11) is 0. The number of rotatable bonds is 4. The van der Waals surface area contributed by atoms with Crippen molar-refractivity contribution in [2.45, 2.75) is 39.3 Å². The normalized spacial score (nSPS) is 20.0. The van der Waals surface area contributed by atoms with E-state index in [1.54, 1.807) is 0 Å². The van der Waals surface area contributed by atoms with Crippen molar-refractivity contribution < 1.29 is 9.53 Å². The van der Waals surface area contributed by atoms with Gasteiger partial charge in [0.15, 0.2) is 0 Å². The van der Waals surface area contributed by atoms with E-state index < -0.39 is 0 Å². The van der Waals surface area contributed by atoms with E-state index in [0.717, 1.165) is 25.9 Å². The maximum atomic E-state index is 11.9. The van der Waals surface area contributed by atoms with E-state index in [1.165, 1.54) is 11.1 Å². The van der Waals surface area contributed by atoms with Gasteiger partial charge in [-0.1, -0.05) is 24.3 Å². The quantitative estimate of drug-likeness (QED) is 0.766. The Morgan fingerprint density at radius 1 is 1.44 bits per heavy atom. The Bertz CT molecular complexity index is 417. The van der Waals surface area contributed by atoms with Crippen LogP contribution in [0, 0.1) is 6.92 Å². The van der Waals surface area contributed by atoms with Gasteiger partial charge in [0.2, 0.25) is 0 Å². The summed E-state index contributed by atoms with van der Waals surface area (Å²) < 4.78 is 5.14. The number of likely N-dealkylation sites (tertiary alicyclic amines) is 1. The van der Waals surface area contributed by atoms with Gasteiger partial charge in [0.05, 0.1) is 6.61 Å². The Morgan fingerprint density at radius 3 is 2.94 bits per heavy atom. The zero-order valence-corrected chi connectivity index (χ0v) is 11.2. The van der Waals surface area contributed by atoms with Crippen molar-refractivity contribution in [2.24, 2.45) is 0 Å². The van der Waals surface area contributed by atoms with Crippen molar-refractivity contribution in [3.05, 3.63) is 35.4 Å². The molecule has 1 aliphatic rings. The highest BCUT2D eigenvalue weighted by Crippen LogP contribution is 2.22. The summed E-state index contributed by atoms with van der Waals surface area (Å²) in [6.45, 7) is 6.27. The Balaban J connectivity index is 2.04. The van der Waals surface area contributed by atoms with Gasteiger partial charge >= 0.3 is 5.97 Å². The highest BCUT2D eigenvalue weighted by Gasteiger charge is 2.31. The third kappa shape index (κ3) is 2.91. The van der Waals surface area contributed by atoms with E-state index >= 15 is 0 Å². The van der Waals surface area contributed by atoms with Gasteiger partial charge in [-0.2, -0.15) is 0 Å². The lowest BCUT2D eigenvalue weighted by Gasteiger charge is -2.23. The molecule has 98 valence electrons. The zero-order valence-electron chi connectivity index (χ0n) is 11.2. The molecule has 0 radical (unpaired) electrons. The first kappa shape index (κ1) is 13.1. The number of ether oxygens (including phenoxy) is 1. The van der Waals surface area contributed by atoms with E-state index in [1.807, 2.05) is 13.0 Å². The third-order valence-electron chi connectivity index (χ3n) is 3.56. The molecule has 1 unspecified atom stereocenters. The van der Waals surface area contributed by atoms with Gasteiger partial charge < -0.3 is 4.74 Å². The average molecular weight is 247 g/mol. The molecule has 1 aliphatic heterocycles. The molecule has 0 aliphatic carbocycles. The Morgan fingerprint density at radius 2 is 2.22 bits per heavy atom. The van der Waals surface area contributed by atoms with Crippen molar-refractivity contribution in [1.29, 1.82) is 0 Å². The smallest absolute Gasteiger partial charge is 0.323 e. The molecular formula is C15H21NO2. The first-order chi connectivity index (χ1) is 8.72. The third-order valence-corrected chi connectivity index (χ3v) is 3.56.